The second-order valence-corrected chi connectivity index (χ2v) is 6.50. The minimum atomic E-state index is -0.0253. The molecule has 1 amide bonds. The summed E-state index contributed by atoms with van der Waals surface area (Å²) in [6.07, 6.45) is 1.78. The Hall–Kier alpha value is -0.420. The molecule has 0 aliphatic heterocycles. The molecule has 0 spiro atoms. The van der Waals surface area contributed by atoms with Crippen LogP contribution >= 0.6 is 35.0 Å². The van der Waals surface area contributed by atoms with Crippen LogP contribution in [0.25, 0.3) is 0 Å². The van der Waals surface area contributed by atoms with Gasteiger partial charge in [0.25, 0.3) is 0 Å². The van der Waals surface area contributed by atoms with Gasteiger partial charge >= 0.3 is 0 Å². The van der Waals surface area contributed by atoms with Gasteiger partial charge in [-0.3, -0.25) is 4.79 Å². The van der Waals surface area contributed by atoms with E-state index in [4.69, 9.17) is 28.3 Å². The lowest BCUT2D eigenvalue weighted by molar-refractivity contribution is -0.118. The Kier molecular flexibility index (Phi) is 8.38. The van der Waals surface area contributed by atoms with E-state index in [0.29, 0.717) is 22.3 Å². The van der Waals surface area contributed by atoms with Gasteiger partial charge in [0.05, 0.1) is 10.8 Å². The third-order valence-electron chi connectivity index (χ3n) is 2.76. The number of carbonyl (C=O) groups excluding carboxylic acids is 1. The van der Waals surface area contributed by atoms with Crippen LogP contribution in [0, 0.1) is 5.92 Å². The number of halogens is 2. The molecule has 0 bridgehead atoms. The number of benzene rings is 1. The lowest BCUT2D eigenvalue weighted by Gasteiger charge is -2.09. The average molecular weight is 336 g/mol. The zero-order chi connectivity index (χ0) is 15.0. The van der Waals surface area contributed by atoms with Crippen LogP contribution in [0.3, 0.4) is 0 Å². The monoisotopic (exact) mass is 335 g/mol. The van der Waals surface area contributed by atoms with Crippen molar-refractivity contribution in [1.29, 1.82) is 0 Å². The third-order valence-corrected chi connectivity index (χ3v) is 4.49. The van der Waals surface area contributed by atoms with Crippen molar-refractivity contribution in [3.8, 4) is 0 Å². The zero-order valence-corrected chi connectivity index (χ0v) is 13.7. The number of nitrogens with one attached hydrogen (secondary N) is 1. The van der Waals surface area contributed by atoms with Gasteiger partial charge in [0.1, 0.15) is 0 Å². The average Bonchev–Trinajstić information content (AvgIpc) is 2.44. The van der Waals surface area contributed by atoms with Gasteiger partial charge in [0.2, 0.25) is 5.91 Å². The van der Waals surface area contributed by atoms with Crippen molar-refractivity contribution in [1.82, 2.24) is 5.32 Å². The number of thioether (sulfide) groups is 1. The van der Waals surface area contributed by atoms with Crippen LogP contribution in [0.5, 0.6) is 0 Å². The van der Waals surface area contributed by atoms with Crippen molar-refractivity contribution >= 4 is 40.9 Å². The molecule has 0 radical (unpaired) electrons. The van der Waals surface area contributed by atoms with Crippen molar-refractivity contribution in [3.05, 3.63) is 28.2 Å². The van der Waals surface area contributed by atoms with Crippen molar-refractivity contribution in [3.63, 3.8) is 0 Å². The van der Waals surface area contributed by atoms with E-state index >= 15 is 0 Å². The van der Waals surface area contributed by atoms with Crippen LogP contribution in [-0.4, -0.2) is 29.9 Å². The van der Waals surface area contributed by atoms with Crippen LogP contribution in [0.4, 0.5) is 0 Å². The maximum absolute atomic E-state index is 11.7. The van der Waals surface area contributed by atoms with Gasteiger partial charge in [0, 0.05) is 23.1 Å². The Bertz CT molecular complexity index is 443. The fraction of sp³-hybridized carbons (Fsp3) is 0.500. The molecule has 6 heteroatoms. The normalized spacial score (nSPS) is 12.2. The number of rotatable bonds is 8. The molecule has 1 atom stereocenters. The number of carbonyl (C=O) groups is 1. The Morgan fingerprint density at radius 3 is 2.90 bits per heavy atom. The summed E-state index contributed by atoms with van der Waals surface area (Å²) in [6.45, 7) is 2.81. The molecule has 0 saturated heterocycles. The smallest absolute Gasteiger partial charge is 0.230 e. The van der Waals surface area contributed by atoms with E-state index in [1.54, 1.807) is 18.2 Å². The molecular weight excluding hydrogens is 317 g/mol. The number of hydrogen-bond donors (Lipinski definition) is 2. The van der Waals surface area contributed by atoms with Gasteiger partial charge in [0.15, 0.2) is 0 Å². The number of amides is 1. The van der Waals surface area contributed by atoms with Crippen LogP contribution in [0.2, 0.25) is 10.0 Å². The van der Waals surface area contributed by atoms with Crippen molar-refractivity contribution < 1.29 is 9.90 Å². The van der Waals surface area contributed by atoms with Gasteiger partial charge in [-0.2, -0.15) is 0 Å². The Labute approximate surface area is 134 Å². The predicted octanol–water partition coefficient (Wildman–Crippen LogP) is 3.61. The summed E-state index contributed by atoms with van der Waals surface area (Å²) in [6, 6.07) is 5.20. The van der Waals surface area contributed by atoms with Crippen LogP contribution in [-0.2, 0) is 4.79 Å². The SMILES string of the molecule is CC(CO)CCCNC(=O)CSc1cc(Cl)ccc1Cl. The largest absolute Gasteiger partial charge is 0.396 e. The first kappa shape index (κ1) is 17.6. The van der Waals surface area contributed by atoms with E-state index in [1.807, 2.05) is 6.92 Å². The second kappa shape index (κ2) is 9.50. The molecule has 0 fully saturated rings. The zero-order valence-electron chi connectivity index (χ0n) is 11.4. The summed E-state index contributed by atoms with van der Waals surface area (Å²) >= 11 is 13.3. The Morgan fingerprint density at radius 1 is 1.45 bits per heavy atom. The molecule has 1 aromatic carbocycles. The molecule has 20 heavy (non-hydrogen) atoms. The maximum atomic E-state index is 11.7. The third kappa shape index (κ3) is 6.84. The lowest BCUT2D eigenvalue weighted by Crippen LogP contribution is -2.26. The minimum Gasteiger partial charge on any atom is -0.396 e. The van der Waals surface area contributed by atoms with E-state index < -0.39 is 0 Å². The molecular formula is C14H19Cl2NO2S. The highest BCUT2D eigenvalue weighted by Crippen LogP contribution is 2.29. The molecule has 0 heterocycles. The van der Waals surface area contributed by atoms with Crippen LogP contribution in [0.1, 0.15) is 19.8 Å². The summed E-state index contributed by atoms with van der Waals surface area (Å²) in [4.78, 5) is 12.5. The standard InChI is InChI=1S/C14H19Cl2NO2S/c1-10(8-18)3-2-6-17-14(19)9-20-13-7-11(15)4-5-12(13)16/h4-5,7,10,18H,2-3,6,8-9H2,1H3,(H,17,19). The Morgan fingerprint density at radius 2 is 2.20 bits per heavy atom. The summed E-state index contributed by atoms with van der Waals surface area (Å²) in [5, 5.41) is 12.9. The first-order valence-electron chi connectivity index (χ1n) is 6.48. The molecule has 3 nitrogen and oxygen atoms in total. The quantitative estimate of drug-likeness (QED) is 0.563. The van der Waals surface area contributed by atoms with Crippen LogP contribution < -0.4 is 5.32 Å². The van der Waals surface area contributed by atoms with Gasteiger partial charge in [-0.15, -0.1) is 11.8 Å². The molecule has 0 saturated carbocycles. The number of hydrogen-bond acceptors (Lipinski definition) is 3. The molecule has 1 aromatic rings. The fourth-order valence-electron chi connectivity index (χ4n) is 1.55. The maximum Gasteiger partial charge on any atom is 0.230 e. The highest BCUT2D eigenvalue weighted by Gasteiger charge is 2.07. The predicted molar refractivity (Wildman–Crippen MR) is 85.7 cm³/mol. The van der Waals surface area contributed by atoms with E-state index in [-0.39, 0.29) is 18.4 Å². The van der Waals surface area contributed by atoms with Crippen LogP contribution in [0.15, 0.2) is 23.1 Å². The fourth-order valence-corrected chi connectivity index (χ4v) is 2.87. The van der Waals surface area contributed by atoms with Crippen molar-refractivity contribution in [2.75, 3.05) is 18.9 Å². The molecule has 1 rings (SSSR count). The van der Waals surface area contributed by atoms with Gasteiger partial charge in [-0.1, -0.05) is 30.1 Å². The Balaban J connectivity index is 2.24. The van der Waals surface area contributed by atoms with Gasteiger partial charge in [-0.25, -0.2) is 0 Å². The summed E-state index contributed by atoms with van der Waals surface area (Å²) in [7, 11) is 0. The van der Waals surface area contributed by atoms with E-state index in [2.05, 4.69) is 5.32 Å². The number of aliphatic hydroxyl groups is 1. The highest BCUT2D eigenvalue weighted by atomic mass is 35.5. The van der Waals surface area contributed by atoms with Crippen molar-refractivity contribution in [2.24, 2.45) is 5.92 Å². The molecule has 2 N–H and O–H groups in total. The summed E-state index contributed by atoms with van der Waals surface area (Å²) in [5.74, 6) is 0.574. The minimum absolute atomic E-state index is 0.0253. The van der Waals surface area contributed by atoms with E-state index in [0.717, 1.165) is 17.7 Å². The first-order chi connectivity index (χ1) is 9.52. The molecule has 112 valence electrons. The second-order valence-electron chi connectivity index (χ2n) is 4.64. The molecule has 0 aliphatic rings. The van der Waals surface area contributed by atoms with E-state index in [9.17, 15) is 4.79 Å². The lowest BCUT2D eigenvalue weighted by atomic mass is 10.1. The molecule has 0 aliphatic carbocycles. The molecule has 0 aromatic heterocycles. The summed E-state index contributed by atoms with van der Waals surface area (Å²) < 4.78 is 0. The topological polar surface area (TPSA) is 49.3 Å². The summed E-state index contributed by atoms with van der Waals surface area (Å²) in [5.41, 5.74) is 0. The van der Waals surface area contributed by atoms with Gasteiger partial charge in [-0.05, 0) is 37.0 Å². The van der Waals surface area contributed by atoms with E-state index in [1.165, 1.54) is 11.8 Å². The van der Waals surface area contributed by atoms with Gasteiger partial charge < -0.3 is 10.4 Å². The molecule has 1 unspecified atom stereocenters. The van der Waals surface area contributed by atoms with Crippen molar-refractivity contribution in [2.45, 2.75) is 24.7 Å². The first-order valence-corrected chi connectivity index (χ1v) is 8.22. The highest BCUT2D eigenvalue weighted by molar-refractivity contribution is 8.00. The number of aliphatic hydroxyl groups excluding tert-OH is 1.